The summed E-state index contributed by atoms with van der Waals surface area (Å²) in [6.45, 7) is 0. The monoisotopic (exact) mass is 544 g/mol. The fourth-order valence-electron chi connectivity index (χ4n) is 3.63. The van der Waals surface area contributed by atoms with Crippen LogP contribution in [-0.2, 0) is 10.0 Å². The zero-order valence-electron chi connectivity index (χ0n) is 18.8. The highest BCUT2D eigenvalue weighted by molar-refractivity contribution is 7.92. The number of hydrogen-bond acceptors (Lipinski definition) is 7. The Morgan fingerprint density at radius 2 is 1.95 bits per heavy atom. The molecule has 3 aromatic heterocycles. The van der Waals surface area contributed by atoms with Gasteiger partial charge in [-0.15, -0.1) is 0 Å². The Bertz CT molecular complexity index is 1780. The Labute approximate surface area is 211 Å². The van der Waals surface area contributed by atoms with Gasteiger partial charge in [-0.3, -0.25) is 9.52 Å². The number of H-pyrrole nitrogens is 1. The normalized spacial score (nSPS) is 11.6. The van der Waals surface area contributed by atoms with Crippen molar-refractivity contribution < 1.29 is 31.1 Å². The lowest BCUT2D eigenvalue weighted by molar-refractivity contribution is 0.103. The van der Waals surface area contributed by atoms with E-state index in [2.05, 4.69) is 15.0 Å². The van der Waals surface area contributed by atoms with Gasteiger partial charge in [0.1, 0.15) is 17.3 Å². The number of methoxy groups -OCH3 is 1. The maximum atomic E-state index is 15.4. The number of hydrogen-bond donors (Lipinski definition) is 2. The third-order valence-electron chi connectivity index (χ3n) is 5.40. The standard InChI is InChI=1S/C24H15F3N4O4S2/c1-35-24-30-19(11-36-24)12-7-15-16(10-29-23(15)28-9-12)22(32)20-17(26)5-6-18(21(20)27)31-37(33,34)14-4-2-3-13(25)8-14/h2-11,31H,1H3,(H,28,29). The number of rotatable bonds is 7. The lowest BCUT2D eigenvalue weighted by atomic mass is 10.0. The highest BCUT2D eigenvalue weighted by Crippen LogP contribution is 2.31. The number of sulfonamides is 1. The third-order valence-corrected chi connectivity index (χ3v) is 7.56. The average molecular weight is 545 g/mol. The van der Waals surface area contributed by atoms with Gasteiger partial charge < -0.3 is 9.72 Å². The second kappa shape index (κ2) is 9.33. The summed E-state index contributed by atoms with van der Waals surface area (Å²) in [5.74, 6) is -4.48. The van der Waals surface area contributed by atoms with E-state index >= 15 is 4.39 Å². The molecule has 0 aliphatic heterocycles. The van der Waals surface area contributed by atoms with E-state index in [1.54, 1.807) is 11.4 Å². The summed E-state index contributed by atoms with van der Waals surface area (Å²) in [5, 5.41) is 2.42. The van der Waals surface area contributed by atoms with Gasteiger partial charge in [0.15, 0.2) is 5.82 Å². The molecule has 0 aliphatic carbocycles. The summed E-state index contributed by atoms with van der Waals surface area (Å²) in [6, 6.07) is 7.24. The van der Waals surface area contributed by atoms with Crippen LogP contribution in [0.3, 0.4) is 0 Å². The number of thiazole rings is 1. The molecule has 0 saturated carbocycles. The van der Waals surface area contributed by atoms with Crippen molar-refractivity contribution in [1.29, 1.82) is 0 Å². The summed E-state index contributed by atoms with van der Waals surface area (Å²) in [4.78, 5) is 24.1. The highest BCUT2D eigenvalue weighted by atomic mass is 32.2. The molecule has 13 heteroatoms. The summed E-state index contributed by atoms with van der Waals surface area (Å²) >= 11 is 1.26. The summed E-state index contributed by atoms with van der Waals surface area (Å²) < 4.78 is 75.9. The van der Waals surface area contributed by atoms with Crippen molar-refractivity contribution in [2.75, 3.05) is 11.8 Å². The predicted octanol–water partition coefficient (Wildman–Crippen LogP) is 5.14. The van der Waals surface area contributed by atoms with E-state index in [4.69, 9.17) is 4.74 Å². The maximum Gasteiger partial charge on any atom is 0.273 e. The van der Waals surface area contributed by atoms with Crippen molar-refractivity contribution in [3.05, 3.63) is 88.8 Å². The molecule has 0 fully saturated rings. The van der Waals surface area contributed by atoms with Crippen LogP contribution in [0.2, 0.25) is 0 Å². The summed E-state index contributed by atoms with van der Waals surface area (Å²) in [7, 11) is -2.96. The first-order chi connectivity index (χ1) is 17.7. The van der Waals surface area contributed by atoms with Crippen molar-refractivity contribution in [1.82, 2.24) is 15.0 Å². The lowest BCUT2D eigenvalue weighted by Gasteiger charge is -2.12. The number of anilines is 1. The fraction of sp³-hybridized carbons (Fsp3) is 0.0417. The Morgan fingerprint density at radius 3 is 2.68 bits per heavy atom. The molecule has 188 valence electrons. The first-order valence-corrected chi connectivity index (χ1v) is 12.8. The minimum atomic E-state index is -4.43. The molecular formula is C24H15F3N4O4S2. The number of ketones is 1. The molecule has 0 unspecified atom stereocenters. The van der Waals surface area contributed by atoms with Crippen molar-refractivity contribution >= 4 is 43.9 Å². The van der Waals surface area contributed by atoms with Gasteiger partial charge in [0, 0.05) is 34.3 Å². The largest absolute Gasteiger partial charge is 0.473 e. The van der Waals surface area contributed by atoms with Gasteiger partial charge in [-0.05, 0) is 36.4 Å². The first kappa shape index (κ1) is 24.5. The number of halogens is 3. The molecular weight excluding hydrogens is 529 g/mol. The van der Waals surface area contributed by atoms with Gasteiger partial charge in [-0.1, -0.05) is 17.4 Å². The molecule has 0 saturated heterocycles. The second-order valence-electron chi connectivity index (χ2n) is 7.70. The second-order valence-corrected chi connectivity index (χ2v) is 10.2. The number of ether oxygens (including phenoxy) is 1. The van der Waals surface area contributed by atoms with Crippen molar-refractivity contribution in [2.24, 2.45) is 0 Å². The fourth-order valence-corrected chi connectivity index (χ4v) is 5.37. The van der Waals surface area contributed by atoms with E-state index in [0.29, 0.717) is 16.5 Å². The number of benzene rings is 2. The van der Waals surface area contributed by atoms with Gasteiger partial charge in [0.2, 0.25) is 5.78 Å². The number of aromatic amines is 1. The van der Waals surface area contributed by atoms with E-state index in [1.165, 1.54) is 36.9 Å². The Hall–Kier alpha value is -4.23. The molecule has 0 aliphatic rings. The molecule has 2 N–H and O–H groups in total. The highest BCUT2D eigenvalue weighted by Gasteiger charge is 2.27. The SMILES string of the molecule is COc1nc(-c2cnc3[nH]cc(C(=O)c4c(F)ccc(NS(=O)(=O)c5cccc(F)c5)c4F)c3c2)cs1. The van der Waals surface area contributed by atoms with Crippen LogP contribution in [0.1, 0.15) is 15.9 Å². The summed E-state index contributed by atoms with van der Waals surface area (Å²) in [6.07, 6.45) is 2.78. The summed E-state index contributed by atoms with van der Waals surface area (Å²) in [5.41, 5.74) is -0.379. The van der Waals surface area contributed by atoms with Gasteiger partial charge in [0.25, 0.3) is 15.2 Å². The molecule has 5 aromatic rings. The van der Waals surface area contributed by atoms with Gasteiger partial charge in [-0.2, -0.15) is 0 Å². The lowest BCUT2D eigenvalue weighted by Crippen LogP contribution is -2.16. The molecule has 0 bridgehead atoms. The quantitative estimate of drug-likeness (QED) is 0.274. The molecule has 37 heavy (non-hydrogen) atoms. The predicted molar refractivity (Wildman–Crippen MR) is 131 cm³/mol. The topological polar surface area (TPSA) is 114 Å². The average Bonchev–Trinajstić information content (AvgIpc) is 3.52. The number of fused-ring (bicyclic) bond motifs is 1. The van der Waals surface area contributed by atoms with Crippen LogP contribution in [-0.4, -0.2) is 36.3 Å². The number of carbonyl (C=O) groups is 1. The first-order valence-electron chi connectivity index (χ1n) is 10.5. The minimum absolute atomic E-state index is 0.0884. The van der Waals surface area contributed by atoms with Crippen LogP contribution in [0.5, 0.6) is 5.19 Å². The molecule has 2 aromatic carbocycles. The Kier molecular flexibility index (Phi) is 6.17. The zero-order chi connectivity index (χ0) is 26.3. The number of aromatic nitrogens is 3. The van der Waals surface area contributed by atoms with Crippen molar-refractivity contribution in [2.45, 2.75) is 4.90 Å². The van der Waals surface area contributed by atoms with Crippen LogP contribution in [0.25, 0.3) is 22.3 Å². The van der Waals surface area contributed by atoms with E-state index in [9.17, 15) is 22.0 Å². The van der Waals surface area contributed by atoms with Crippen LogP contribution in [0.15, 0.2) is 65.1 Å². The smallest absolute Gasteiger partial charge is 0.273 e. The van der Waals surface area contributed by atoms with Crippen LogP contribution < -0.4 is 9.46 Å². The number of pyridine rings is 1. The van der Waals surface area contributed by atoms with E-state index in [1.807, 2.05) is 4.72 Å². The molecule has 0 radical (unpaired) electrons. The molecule has 0 atom stereocenters. The van der Waals surface area contributed by atoms with E-state index in [-0.39, 0.29) is 16.6 Å². The van der Waals surface area contributed by atoms with Gasteiger partial charge >= 0.3 is 0 Å². The Morgan fingerprint density at radius 1 is 1.14 bits per heavy atom. The molecule has 8 nitrogen and oxygen atoms in total. The molecule has 0 amide bonds. The van der Waals surface area contributed by atoms with E-state index in [0.717, 1.165) is 30.3 Å². The number of nitrogens with one attached hydrogen (secondary N) is 2. The maximum absolute atomic E-state index is 15.4. The zero-order valence-corrected chi connectivity index (χ0v) is 20.4. The molecule has 0 spiro atoms. The number of nitrogens with zero attached hydrogens (tertiary/aromatic N) is 2. The van der Waals surface area contributed by atoms with Crippen LogP contribution >= 0.6 is 11.3 Å². The Balaban J connectivity index is 1.54. The van der Waals surface area contributed by atoms with Gasteiger partial charge in [0.05, 0.1) is 29.0 Å². The van der Waals surface area contributed by atoms with Crippen LogP contribution in [0, 0.1) is 17.5 Å². The van der Waals surface area contributed by atoms with Crippen molar-refractivity contribution in [3.63, 3.8) is 0 Å². The minimum Gasteiger partial charge on any atom is -0.473 e. The number of carbonyl (C=O) groups excluding carboxylic acids is 1. The molecule has 5 rings (SSSR count). The molecule has 3 heterocycles. The van der Waals surface area contributed by atoms with Crippen molar-refractivity contribution in [3.8, 4) is 16.5 Å². The van der Waals surface area contributed by atoms with Gasteiger partial charge in [-0.25, -0.2) is 31.6 Å². The van der Waals surface area contributed by atoms with E-state index < -0.39 is 49.4 Å². The van der Waals surface area contributed by atoms with Crippen LogP contribution in [0.4, 0.5) is 18.9 Å². The third kappa shape index (κ3) is 4.54.